The second-order valence-corrected chi connectivity index (χ2v) is 3.85. The molecule has 1 rings (SSSR count). The Morgan fingerprint density at radius 3 is 1.77 bits per heavy atom. The average Bonchev–Trinajstić information content (AvgIpc) is 1.99. The van der Waals surface area contributed by atoms with Crippen molar-refractivity contribution < 1.29 is 8.42 Å². The van der Waals surface area contributed by atoms with E-state index in [1.165, 1.54) is 15.6 Å². The minimum atomic E-state index is -2.62. The molecule has 0 atom stereocenters. The van der Waals surface area contributed by atoms with Crippen LogP contribution < -0.4 is 5.14 Å². The van der Waals surface area contributed by atoms with E-state index in [2.05, 4.69) is 53.1 Å². The third kappa shape index (κ3) is 5.79. The van der Waals surface area contributed by atoms with Gasteiger partial charge in [0, 0.05) is 4.47 Å². The van der Waals surface area contributed by atoms with E-state index in [0.717, 1.165) is 0 Å². The molecule has 5 heteroatoms. The second-order valence-electron chi connectivity index (χ2n) is 2.49. The van der Waals surface area contributed by atoms with Crippen LogP contribution in [0.4, 0.5) is 0 Å². The van der Waals surface area contributed by atoms with Crippen molar-refractivity contribution >= 4 is 26.8 Å². The molecule has 1 aromatic rings. The van der Waals surface area contributed by atoms with Crippen molar-refractivity contribution in [1.82, 2.24) is 0 Å². The molecule has 0 aliphatic heterocycles. The Labute approximate surface area is 88.2 Å². The number of halogens is 1. The molecule has 0 amide bonds. The maximum atomic E-state index is 8.81. The summed E-state index contributed by atoms with van der Waals surface area (Å²) >= 11 is 3.48. The van der Waals surface area contributed by atoms with Gasteiger partial charge in [-0.05, 0) is 25.0 Å². The molecule has 13 heavy (non-hydrogen) atoms. The zero-order valence-electron chi connectivity index (χ0n) is 7.45. The summed E-state index contributed by atoms with van der Waals surface area (Å²) in [4.78, 5) is 0. The fourth-order valence-corrected chi connectivity index (χ4v) is 1.06. The molecular formula is C8H12BrNO2S. The Bertz CT molecular complexity index is 322. The van der Waals surface area contributed by atoms with E-state index < -0.39 is 10.9 Å². The average molecular weight is 266 g/mol. The largest absolute Gasteiger partial charge is 0.231 e. The van der Waals surface area contributed by atoms with E-state index >= 15 is 0 Å². The van der Waals surface area contributed by atoms with Gasteiger partial charge in [0.15, 0.2) is 10.9 Å². The molecule has 2 N–H and O–H groups in total. The van der Waals surface area contributed by atoms with Crippen LogP contribution in [-0.2, 0) is 10.9 Å². The Balaban J connectivity index is 0.000000310. The van der Waals surface area contributed by atoms with Gasteiger partial charge < -0.3 is 0 Å². The maximum absolute atomic E-state index is 8.81. The van der Waals surface area contributed by atoms with Crippen LogP contribution in [0.1, 0.15) is 11.1 Å². The molecule has 1 aromatic carbocycles. The summed E-state index contributed by atoms with van der Waals surface area (Å²) in [6.07, 6.45) is 0. The highest BCUT2D eigenvalue weighted by Crippen LogP contribution is 2.19. The van der Waals surface area contributed by atoms with Crippen molar-refractivity contribution in [1.29, 1.82) is 0 Å². The fraction of sp³-hybridized carbons (Fsp3) is 0.250. The number of rotatable bonds is 0. The first-order valence-electron chi connectivity index (χ1n) is 3.56. The lowest BCUT2D eigenvalue weighted by molar-refractivity contribution is 0.616. The van der Waals surface area contributed by atoms with Gasteiger partial charge >= 0.3 is 0 Å². The predicted molar refractivity (Wildman–Crippen MR) is 58.1 cm³/mol. The molecule has 0 aromatic heterocycles. The predicted octanol–water partition coefficient (Wildman–Crippen LogP) is 1.54. The zero-order chi connectivity index (χ0) is 10.4. The van der Waals surface area contributed by atoms with Gasteiger partial charge in [-0.1, -0.05) is 34.1 Å². The van der Waals surface area contributed by atoms with Crippen LogP contribution in [0.15, 0.2) is 22.7 Å². The van der Waals surface area contributed by atoms with Gasteiger partial charge in [-0.2, -0.15) is 0 Å². The first-order valence-corrected chi connectivity index (χ1v) is 5.60. The minimum absolute atomic E-state index is 1.23. The van der Waals surface area contributed by atoms with E-state index in [4.69, 9.17) is 8.42 Å². The zero-order valence-corrected chi connectivity index (χ0v) is 9.93. The summed E-state index contributed by atoms with van der Waals surface area (Å²) < 4.78 is 18.9. The highest BCUT2D eigenvalue weighted by molar-refractivity contribution is 9.10. The van der Waals surface area contributed by atoms with Crippen LogP contribution in [0.2, 0.25) is 0 Å². The van der Waals surface area contributed by atoms with Gasteiger partial charge in [-0.3, -0.25) is 0 Å². The van der Waals surface area contributed by atoms with Crippen molar-refractivity contribution in [3.8, 4) is 0 Å². The third-order valence-electron chi connectivity index (χ3n) is 1.38. The van der Waals surface area contributed by atoms with Gasteiger partial charge in [0.2, 0.25) is 0 Å². The number of thiol groups is 1. The van der Waals surface area contributed by atoms with Crippen LogP contribution in [0.25, 0.3) is 0 Å². The summed E-state index contributed by atoms with van der Waals surface area (Å²) in [5.74, 6) is 0. The topological polar surface area (TPSA) is 60.2 Å². The lowest BCUT2D eigenvalue weighted by Crippen LogP contribution is -1.85. The molecule has 0 radical (unpaired) electrons. The number of hydrogen-bond donors (Lipinski definition) is 2. The highest BCUT2D eigenvalue weighted by Gasteiger charge is 1.93. The summed E-state index contributed by atoms with van der Waals surface area (Å²) in [6.45, 7) is 4.19. The summed E-state index contributed by atoms with van der Waals surface area (Å²) in [5.41, 5.74) is 2.60. The Hall–Kier alpha value is -0.390. The Morgan fingerprint density at radius 1 is 1.23 bits per heavy atom. The normalized spacial score (nSPS) is 9.31. The van der Waals surface area contributed by atoms with Crippen LogP contribution >= 0.6 is 15.9 Å². The Morgan fingerprint density at radius 2 is 1.54 bits per heavy atom. The molecule has 0 saturated carbocycles. The second kappa shape index (κ2) is 6.12. The molecule has 0 heterocycles. The van der Waals surface area contributed by atoms with Crippen LogP contribution in [0, 0.1) is 13.8 Å². The number of hydrogen-bond acceptors (Lipinski definition) is 2. The highest BCUT2D eigenvalue weighted by atomic mass is 79.9. The Kier molecular flexibility index (Phi) is 5.94. The SMILES string of the molecule is Cc1cccc(C)c1Br.N[SH](=O)=O. The van der Waals surface area contributed by atoms with E-state index in [9.17, 15) is 0 Å². The quantitative estimate of drug-likeness (QED) is 0.700. The molecule has 0 aliphatic carbocycles. The molecule has 0 spiro atoms. The molecular weight excluding hydrogens is 254 g/mol. The van der Waals surface area contributed by atoms with Crippen molar-refractivity contribution in [3.63, 3.8) is 0 Å². The van der Waals surface area contributed by atoms with Crippen molar-refractivity contribution in [2.45, 2.75) is 13.8 Å². The number of benzene rings is 1. The fourth-order valence-electron chi connectivity index (χ4n) is 0.794. The molecule has 3 nitrogen and oxygen atoms in total. The van der Waals surface area contributed by atoms with Gasteiger partial charge in [-0.25, -0.2) is 13.6 Å². The van der Waals surface area contributed by atoms with Crippen molar-refractivity contribution in [2.24, 2.45) is 5.14 Å². The molecule has 0 fully saturated rings. The van der Waals surface area contributed by atoms with E-state index in [-0.39, 0.29) is 0 Å². The molecule has 0 unspecified atom stereocenters. The lowest BCUT2D eigenvalue weighted by atomic mass is 10.2. The number of nitrogens with two attached hydrogens (primary N) is 1. The number of aryl methyl sites for hydroxylation is 2. The van der Waals surface area contributed by atoms with Crippen molar-refractivity contribution in [2.75, 3.05) is 0 Å². The van der Waals surface area contributed by atoms with Gasteiger partial charge in [-0.15, -0.1) is 0 Å². The first kappa shape index (κ1) is 12.6. The summed E-state index contributed by atoms with van der Waals surface area (Å²) in [6, 6.07) is 6.25. The van der Waals surface area contributed by atoms with Crippen LogP contribution in [-0.4, -0.2) is 8.42 Å². The van der Waals surface area contributed by atoms with E-state index in [1.807, 2.05) is 0 Å². The lowest BCUT2D eigenvalue weighted by Gasteiger charge is -1.98. The van der Waals surface area contributed by atoms with Crippen LogP contribution in [0.5, 0.6) is 0 Å². The van der Waals surface area contributed by atoms with Crippen LogP contribution in [0.3, 0.4) is 0 Å². The first-order chi connectivity index (χ1) is 5.95. The maximum Gasteiger partial charge on any atom is 0.198 e. The molecule has 74 valence electrons. The van der Waals surface area contributed by atoms with Gasteiger partial charge in [0.25, 0.3) is 0 Å². The van der Waals surface area contributed by atoms with Gasteiger partial charge in [0.05, 0.1) is 0 Å². The summed E-state index contributed by atoms with van der Waals surface area (Å²) in [7, 11) is -2.62. The molecule has 0 saturated heterocycles. The van der Waals surface area contributed by atoms with E-state index in [0.29, 0.717) is 0 Å². The summed E-state index contributed by atoms with van der Waals surface area (Å²) in [5, 5.41) is 4.06. The van der Waals surface area contributed by atoms with E-state index in [1.54, 1.807) is 0 Å². The minimum Gasteiger partial charge on any atom is -0.231 e. The third-order valence-corrected chi connectivity index (χ3v) is 2.64. The van der Waals surface area contributed by atoms with Gasteiger partial charge in [0.1, 0.15) is 0 Å². The standard InChI is InChI=1S/C8H9Br.H3NO2S/c1-6-4-3-5-7(2)8(6)9;1-4(2)3/h3-5H,1-2H3;4H,(H2,1,2,3). The molecule has 0 bridgehead atoms. The smallest absolute Gasteiger partial charge is 0.198 e. The monoisotopic (exact) mass is 265 g/mol. The molecule has 0 aliphatic rings. The van der Waals surface area contributed by atoms with Crippen molar-refractivity contribution in [3.05, 3.63) is 33.8 Å².